The molecular formula is C15H28O2Si. The normalized spacial score (nSPS) is 30.6. The average molecular weight is 268 g/mol. The summed E-state index contributed by atoms with van der Waals surface area (Å²) >= 11 is 0. The first-order chi connectivity index (χ1) is 8.57. The summed E-state index contributed by atoms with van der Waals surface area (Å²) in [6.07, 6.45) is 8.78. The highest BCUT2D eigenvalue weighted by molar-refractivity contribution is 6.71. The van der Waals surface area contributed by atoms with Crippen LogP contribution in [0.5, 0.6) is 0 Å². The lowest BCUT2D eigenvalue weighted by Crippen LogP contribution is -2.52. The third-order valence-corrected chi connectivity index (χ3v) is 9.47. The quantitative estimate of drug-likeness (QED) is 0.507. The van der Waals surface area contributed by atoms with Crippen molar-refractivity contribution >= 4 is 8.56 Å². The molecule has 0 spiro atoms. The van der Waals surface area contributed by atoms with E-state index in [1.165, 1.54) is 19.3 Å². The standard InChI is InChI=1S/C15H28O2Si/c1-5-16-18(17-6-2,12-13(3)4)15-9-7-14(11-15)8-10-15/h7,9,13-14H,5-6,8,10-12H2,1-4H3. The van der Waals surface area contributed by atoms with Gasteiger partial charge in [-0.2, -0.15) is 0 Å². The van der Waals surface area contributed by atoms with Crippen molar-refractivity contribution in [3.8, 4) is 0 Å². The van der Waals surface area contributed by atoms with Gasteiger partial charge < -0.3 is 8.85 Å². The Morgan fingerprint density at radius 2 is 1.94 bits per heavy atom. The van der Waals surface area contributed by atoms with Gasteiger partial charge in [-0.05, 0) is 51.0 Å². The molecule has 3 heteroatoms. The molecule has 0 aromatic heterocycles. The Kier molecular flexibility index (Phi) is 4.35. The van der Waals surface area contributed by atoms with Crippen LogP contribution in [-0.4, -0.2) is 21.8 Å². The maximum absolute atomic E-state index is 6.35. The van der Waals surface area contributed by atoms with Crippen LogP contribution < -0.4 is 0 Å². The molecule has 0 radical (unpaired) electrons. The van der Waals surface area contributed by atoms with Gasteiger partial charge in [0.15, 0.2) is 0 Å². The maximum atomic E-state index is 6.35. The number of hydrogen-bond donors (Lipinski definition) is 0. The lowest BCUT2D eigenvalue weighted by atomic mass is 10.1. The minimum Gasteiger partial charge on any atom is -0.394 e. The number of rotatable bonds is 7. The largest absolute Gasteiger partial charge is 0.394 e. The second kappa shape index (κ2) is 5.47. The topological polar surface area (TPSA) is 18.5 Å². The molecule has 2 bridgehead atoms. The second-order valence-corrected chi connectivity index (χ2v) is 9.72. The van der Waals surface area contributed by atoms with Gasteiger partial charge in [0.1, 0.15) is 0 Å². The van der Waals surface area contributed by atoms with Crippen LogP contribution in [0.25, 0.3) is 0 Å². The van der Waals surface area contributed by atoms with Gasteiger partial charge in [-0.15, -0.1) is 0 Å². The van der Waals surface area contributed by atoms with Gasteiger partial charge in [0.2, 0.25) is 0 Å². The van der Waals surface area contributed by atoms with Crippen LogP contribution in [0, 0.1) is 11.8 Å². The van der Waals surface area contributed by atoms with Crippen LogP contribution >= 0.6 is 0 Å². The molecule has 0 aromatic rings. The molecule has 0 aliphatic heterocycles. The Morgan fingerprint density at radius 3 is 2.28 bits per heavy atom. The predicted molar refractivity (Wildman–Crippen MR) is 77.8 cm³/mol. The molecule has 2 atom stereocenters. The Hall–Kier alpha value is -0.123. The molecule has 0 N–H and O–H groups in total. The van der Waals surface area contributed by atoms with Crippen molar-refractivity contribution in [3.05, 3.63) is 12.2 Å². The smallest absolute Gasteiger partial charge is 0.348 e. The van der Waals surface area contributed by atoms with Crippen LogP contribution in [0.1, 0.15) is 47.0 Å². The van der Waals surface area contributed by atoms with E-state index in [9.17, 15) is 0 Å². The van der Waals surface area contributed by atoms with Crippen LogP contribution in [0.3, 0.4) is 0 Å². The van der Waals surface area contributed by atoms with E-state index in [1.54, 1.807) is 0 Å². The van der Waals surface area contributed by atoms with Crippen molar-refractivity contribution < 1.29 is 8.85 Å². The van der Waals surface area contributed by atoms with Crippen molar-refractivity contribution in [2.45, 2.75) is 58.0 Å². The van der Waals surface area contributed by atoms with Gasteiger partial charge in [-0.1, -0.05) is 26.0 Å². The van der Waals surface area contributed by atoms with Crippen LogP contribution in [0.4, 0.5) is 0 Å². The molecule has 0 heterocycles. The zero-order chi connectivity index (χ0) is 13.2. The predicted octanol–water partition coefficient (Wildman–Crippen LogP) is 4.27. The van der Waals surface area contributed by atoms with Gasteiger partial charge in [-0.3, -0.25) is 0 Å². The summed E-state index contributed by atoms with van der Waals surface area (Å²) in [5.74, 6) is 1.45. The first-order valence-corrected chi connectivity index (χ1v) is 9.57. The Balaban J connectivity index is 2.29. The summed E-state index contributed by atoms with van der Waals surface area (Å²) in [6.45, 7) is 10.4. The first-order valence-electron chi connectivity index (χ1n) is 7.55. The molecule has 104 valence electrons. The molecule has 0 amide bonds. The Labute approximate surface area is 113 Å². The van der Waals surface area contributed by atoms with E-state index in [0.29, 0.717) is 5.92 Å². The maximum Gasteiger partial charge on any atom is 0.348 e. The van der Waals surface area contributed by atoms with E-state index >= 15 is 0 Å². The summed E-state index contributed by atoms with van der Waals surface area (Å²) in [4.78, 5) is 0. The molecule has 2 aliphatic carbocycles. The van der Waals surface area contributed by atoms with Crippen molar-refractivity contribution in [1.82, 2.24) is 0 Å². The van der Waals surface area contributed by atoms with Gasteiger partial charge in [-0.25, -0.2) is 0 Å². The summed E-state index contributed by atoms with van der Waals surface area (Å²) < 4.78 is 12.7. The fourth-order valence-corrected chi connectivity index (χ4v) is 8.63. The molecule has 0 saturated heterocycles. The zero-order valence-corrected chi connectivity index (χ0v) is 13.4. The lowest BCUT2D eigenvalue weighted by molar-refractivity contribution is 0.156. The highest BCUT2D eigenvalue weighted by atomic mass is 28.4. The molecule has 2 rings (SSSR count). The third-order valence-electron chi connectivity index (χ3n) is 4.47. The molecule has 2 aliphatic rings. The Morgan fingerprint density at radius 1 is 1.28 bits per heavy atom. The van der Waals surface area contributed by atoms with Crippen LogP contribution in [-0.2, 0) is 8.85 Å². The number of hydrogen-bond acceptors (Lipinski definition) is 2. The minimum atomic E-state index is -2.12. The van der Waals surface area contributed by atoms with Crippen molar-refractivity contribution in [1.29, 1.82) is 0 Å². The summed E-state index contributed by atoms with van der Waals surface area (Å²) in [7, 11) is -2.12. The van der Waals surface area contributed by atoms with E-state index in [2.05, 4.69) is 39.8 Å². The molecule has 18 heavy (non-hydrogen) atoms. The fraction of sp³-hybridized carbons (Fsp3) is 0.867. The zero-order valence-electron chi connectivity index (χ0n) is 12.4. The van der Waals surface area contributed by atoms with Gasteiger partial charge in [0.25, 0.3) is 0 Å². The van der Waals surface area contributed by atoms with E-state index < -0.39 is 8.56 Å². The fourth-order valence-electron chi connectivity index (χ4n) is 3.88. The molecular weight excluding hydrogens is 240 g/mol. The first kappa shape index (κ1) is 14.3. The number of allylic oxidation sites excluding steroid dienone is 2. The average Bonchev–Trinajstić information content (AvgIpc) is 2.90. The molecule has 1 saturated carbocycles. The third kappa shape index (κ3) is 2.32. The lowest BCUT2D eigenvalue weighted by Gasteiger charge is -2.43. The Bertz CT molecular complexity index is 308. The highest BCUT2D eigenvalue weighted by Gasteiger charge is 2.60. The van der Waals surface area contributed by atoms with Crippen molar-refractivity contribution in [3.63, 3.8) is 0 Å². The molecule has 2 nitrogen and oxygen atoms in total. The van der Waals surface area contributed by atoms with Gasteiger partial charge >= 0.3 is 8.56 Å². The number of fused-ring (bicyclic) bond motifs is 2. The van der Waals surface area contributed by atoms with E-state index in [0.717, 1.165) is 25.2 Å². The summed E-state index contributed by atoms with van der Waals surface area (Å²) in [5, 5.41) is 0.272. The highest BCUT2D eigenvalue weighted by Crippen LogP contribution is 2.62. The van der Waals surface area contributed by atoms with Crippen molar-refractivity contribution in [2.24, 2.45) is 11.8 Å². The van der Waals surface area contributed by atoms with Crippen molar-refractivity contribution in [2.75, 3.05) is 13.2 Å². The van der Waals surface area contributed by atoms with Gasteiger partial charge in [0.05, 0.1) is 0 Å². The van der Waals surface area contributed by atoms with Crippen LogP contribution in [0.15, 0.2) is 12.2 Å². The van der Waals surface area contributed by atoms with Crippen LogP contribution in [0.2, 0.25) is 11.1 Å². The molecule has 0 aromatic carbocycles. The van der Waals surface area contributed by atoms with E-state index in [-0.39, 0.29) is 5.04 Å². The monoisotopic (exact) mass is 268 g/mol. The molecule has 1 fully saturated rings. The molecule has 2 unspecified atom stereocenters. The summed E-state index contributed by atoms with van der Waals surface area (Å²) in [5.41, 5.74) is 0. The van der Waals surface area contributed by atoms with Gasteiger partial charge in [0, 0.05) is 18.3 Å². The SMILES string of the molecule is CCO[Si](CC(C)C)(OCC)C12C=CC(CC1)C2. The minimum absolute atomic E-state index is 0.272. The van der Waals surface area contributed by atoms with E-state index in [4.69, 9.17) is 8.85 Å². The van der Waals surface area contributed by atoms with E-state index in [1.807, 2.05) is 0 Å². The second-order valence-electron chi connectivity index (χ2n) is 6.24. The summed E-state index contributed by atoms with van der Waals surface area (Å²) in [6, 6.07) is 1.13.